The number of nitrogen functional groups attached to an aromatic ring is 1. The monoisotopic (exact) mass is 308 g/mol. The molecule has 4 nitrogen and oxygen atoms in total. The molecule has 1 aliphatic rings. The normalized spacial score (nSPS) is 17.4. The van der Waals surface area contributed by atoms with Crippen molar-refractivity contribution in [1.82, 2.24) is 4.72 Å². The topological polar surface area (TPSA) is 72.2 Å². The van der Waals surface area contributed by atoms with E-state index < -0.39 is 32.2 Å². The molecule has 0 saturated heterocycles. The maximum absolute atomic E-state index is 13.5. The van der Waals surface area contributed by atoms with Crippen LogP contribution >= 0.6 is 11.8 Å². The van der Waals surface area contributed by atoms with E-state index in [2.05, 4.69) is 4.72 Å². The van der Waals surface area contributed by atoms with Gasteiger partial charge in [-0.2, -0.15) is 11.8 Å². The Labute approximate surface area is 114 Å². The van der Waals surface area contributed by atoms with Gasteiger partial charge in [-0.15, -0.1) is 0 Å². The van der Waals surface area contributed by atoms with Gasteiger partial charge in [-0.1, -0.05) is 0 Å². The van der Waals surface area contributed by atoms with Crippen LogP contribution in [0.15, 0.2) is 17.0 Å². The lowest BCUT2D eigenvalue weighted by atomic mass is 10.3. The fourth-order valence-electron chi connectivity index (χ4n) is 1.65. The first-order chi connectivity index (χ1) is 8.80. The molecule has 0 bridgehead atoms. The Morgan fingerprint density at radius 2 is 2.00 bits per heavy atom. The van der Waals surface area contributed by atoms with Crippen molar-refractivity contribution in [3.05, 3.63) is 23.8 Å². The molecule has 0 heterocycles. The molecule has 1 saturated carbocycles. The summed E-state index contributed by atoms with van der Waals surface area (Å²) in [5.41, 5.74) is 4.87. The first kappa shape index (κ1) is 14.5. The molecule has 0 atom stereocenters. The van der Waals surface area contributed by atoms with E-state index in [9.17, 15) is 17.2 Å². The van der Waals surface area contributed by atoms with Gasteiger partial charge in [0, 0.05) is 17.4 Å². The maximum Gasteiger partial charge on any atom is 0.243 e. The molecule has 0 unspecified atom stereocenters. The van der Waals surface area contributed by atoms with Crippen LogP contribution in [0.25, 0.3) is 0 Å². The van der Waals surface area contributed by atoms with Crippen LogP contribution in [-0.4, -0.2) is 26.0 Å². The summed E-state index contributed by atoms with van der Waals surface area (Å²) < 4.78 is 52.7. The van der Waals surface area contributed by atoms with Crippen molar-refractivity contribution in [2.75, 3.05) is 18.5 Å². The van der Waals surface area contributed by atoms with E-state index in [1.54, 1.807) is 11.8 Å². The standard InChI is InChI=1S/C11H14F2N2O2S2/c1-18-11(2-3-11)6-15-19(16,17)10-5-9(14)7(12)4-8(10)13/h4-5,15H,2-3,6,14H2,1H3. The van der Waals surface area contributed by atoms with E-state index in [1.165, 1.54) is 0 Å². The fraction of sp³-hybridized carbons (Fsp3) is 0.455. The van der Waals surface area contributed by atoms with Crippen molar-refractivity contribution >= 4 is 27.5 Å². The summed E-state index contributed by atoms with van der Waals surface area (Å²) in [6.45, 7) is 0.229. The quantitative estimate of drug-likeness (QED) is 0.813. The van der Waals surface area contributed by atoms with E-state index in [1.807, 2.05) is 6.26 Å². The highest BCUT2D eigenvalue weighted by molar-refractivity contribution is 8.00. The third kappa shape index (κ3) is 3.01. The summed E-state index contributed by atoms with van der Waals surface area (Å²) in [6, 6.07) is 1.27. The number of halogens is 2. The number of anilines is 1. The molecule has 0 amide bonds. The van der Waals surface area contributed by atoms with Gasteiger partial charge in [0.25, 0.3) is 0 Å². The largest absolute Gasteiger partial charge is 0.396 e. The Bertz CT molecular complexity index is 601. The Morgan fingerprint density at radius 1 is 1.37 bits per heavy atom. The van der Waals surface area contributed by atoms with Crippen LogP contribution in [0.4, 0.5) is 14.5 Å². The highest BCUT2D eigenvalue weighted by Gasteiger charge is 2.42. The van der Waals surface area contributed by atoms with Crippen molar-refractivity contribution in [2.45, 2.75) is 22.5 Å². The van der Waals surface area contributed by atoms with Crippen molar-refractivity contribution in [3.63, 3.8) is 0 Å². The second kappa shape index (κ2) is 4.92. The third-order valence-electron chi connectivity index (χ3n) is 3.17. The van der Waals surface area contributed by atoms with E-state index in [0.717, 1.165) is 18.9 Å². The van der Waals surface area contributed by atoms with Gasteiger partial charge in [0.15, 0.2) is 0 Å². The van der Waals surface area contributed by atoms with Gasteiger partial charge in [-0.3, -0.25) is 0 Å². The molecule has 8 heteroatoms. The van der Waals surface area contributed by atoms with Gasteiger partial charge in [-0.05, 0) is 25.2 Å². The molecule has 2 rings (SSSR count). The molecule has 1 aromatic carbocycles. The molecule has 1 aromatic rings. The van der Waals surface area contributed by atoms with Crippen LogP contribution in [0.5, 0.6) is 0 Å². The molecule has 0 aromatic heterocycles. The predicted octanol–water partition coefficient (Wildman–Crippen LogP) is 1.72. The Morgan fingerprint density at radius 3 is 2.53 bits per heavy atom. The van der Waals surface area contributed by atoms with E-state index in [-0.39, 0.29) is 11.3 Å². The second-order valence-corrected chi connectivity index (χ2v) is 7.53. The van der Waals surface area contributed by atoms with Crippen LogP contribution in [0.2, 0.25) is 0 Å². The summed E-state index contributed by atoms with van der Waals surface area (Å²) in [5.74, 6) is -2.12. The zero-order chi connectivity index (χ0) is 14.3. The van der Waals surface area contributed by atoms with Gasteiger partial charge >= 0.3 is 0 Å². The minimum absolute atomic E-state index is 0.0882. The van der Waals surface area contributed by atoms with Crippen molar-refractivity contribution in [2.24, 2.45) is 0 Å². The minimum Gasteiger partial charge on any atom is -0.396 e. The van der Waals surface area contributed by atoms with Gasteiger partial charge < -0.3 is 5.73 Å². The SMILES string of the molecule is CSC1(CNS(=O)(=O)c2cc(N)c(F)cc2F)CC1. The molecule has 0 aliphatic heterocycles. The zero-order valence-corrected chi connectivity index (χ0v) is 11.9. The lowest BCUT2D eigenvalue weighted by molar-refractivity contribution is 0.544. The number of nitrogens with two attached hydrogens (primary N) is 1. The molecule has 1 aliphatic carbocycles. The molecule has 3 N–H and O–H groups in total. The number of benzene rings is 1. The number of hydrogen-bond acceptors (Lipinski definition) is 4. The summed E-state index contributed by atoms with van der Waals surface area (Å²) in [5, 5.41) is 0. The number of nitrogens with one attached hydrogen (secondary N) is 1. The van der Waals surface area contributed by atoms with Crippen LogP contribution in [0, 0.1) is 11.6 Å². The Balaban J connectivity index is 2.22. The van der Waals surface area contributed by atoms with Crippen LogP contribution in [0.3, 0.4) is 0 Å². The predicted molar refractivity (Wildman–Crippen MR) is 71.4 cm³/mol. The smallest absolute Gasteiger partial charge is 0.243 e. The zero-order valence-electron chi connectivity index (χ0n) is 10.2. The fourth-order valence-corrected chi connectivity index (χ4v) is 3.69. The van der Waals surface area contributed by atoms with Crippen molar-refractivity contribution < 1.29 is 17.2 Å². The average molecular weight is 308 g/mol. The van der Waals surface area contributed by atoms with Gasteiger partial charge in [0.2, 0.25) is 10.0 Å². The lowest BCUT2D eigenvalue weighted by Gasteiger charge is -2.14. The first-order valence-electron chi connectivity index (χ1n) is 5.59. The van der Waals surface area contributed by atoms with Crippen molar-refractivity contribution in [3.8, 4) is 0 Å². The summed E-state index contributed by atoms with van der Waals surface area (Å²) in [6.07, 6.45) is 3.74. The Hall–Kier alpha value is -0.860. The highest BCUT2D eigenvalue weighted by atomic mass is 32.2. The molecular formula is C11H14F2N2O2S2. The molecule has 1 fully saturated rings. The van der Waals surface area contributed by atoms with E-state index in [4.69, 9.17) is 5.73 Å². The first-order valence-corrected chi connectivity index (χ1v) is 8.30. The molecule has 0 radical (unpaired) electrons. The Kier molecular flexibility index (Phi) is 3.76. The molecule has 106 valence electrons. The van der Waals surface area contributed by atoms with Crippen LogP contribution in [0.1, 0.15) is 12.8 Å². The summed E-state index contributed by atoms with van der Waals surface area (Å²) >= 11 is 1.58. The lowest BCUT2D eigenvalue weighted by Crippen LogP contribution is -2.32. The minimum atomic E-state index is -4.02. The number of sulfonamides is 1. The summed E-state index contributed by atoms with van der Waals surface area (Å²) in [7, 11) is -4.02. The van der Waals surface area contributed by atoms with Gasteiger partial charge in [0.1, 0.15) is 16.5 Å². The summed E-state index contributed by atoms with van der Waals surface area (Å²) in [4.78, 5) is -0.622. The maximum atomic E-state index is 13.5. The average Bonchev–Trinajstić information content (AvgIpc) is 3.12. The number of hydrogen-bond donors (Lipinski definition) is 2. The van der Waals surface area contributed by atoms with E-state index in [0.29, 0.717) is 6.07 Å². The number of rotatable bonds is 5. The molecular weight excluding hydrogens is 294 g/mol. The number of thioether (sulfide) groups is 1. The second-order valence-electron chi connectivity index (χ2n) is 4.52. The van der Waals surface area contributed by atoms with Crippen LogP contribution < -0.4 is 10.5 Å². The van der Waals surface area contributed by atoms with E-state index >= 15 is 0 Å². The van der Waals surface area contributed by atoms with Gasteiger partial charge in [-0.25, -0.2) is 21.9 Å². The van der Waals surface area contributed by atoms with Crippen LogP contribution in [-0.2, 0) is 10.0 Å². The highest BCUT2D eigenvalue weighted by Crippen LogP contribution is 2.46. The van der Waals surface area contributed by atoms with Gasteiger partial charge in [0.05, 0.1) is 5.69 Å². The van der Waals surface area contributed by atoms with Crippen molar-refractivity contribution in [1.29, 1.82) is 0 Å². The third-order valence-corrected chi connectivity index (χ3v) is 6.00. The molecule has 0 spiro atoms. The molecule has 19 heavy (non-hydrogen) atoms.